The highest BCUT2D eigenvalue weighted by atomic mass is 35.5. The van der Waals surface area contributed by atoms with Crippen molar-refractivity contribution in [2.45, 2.75) is 18.6 Å². The second-order valence-corrected chi connectivity index (χ2v) is 7.39. The Morgan fingerprint density at radius 3 is 2.63 bits per heavy atom. The topological polar surface area (TPSA) is 66.5 Å². The van der Waals surface area contributed by atoms with Gasteiger partial charge in [0.15, 0.2) is 6.04 Å². The number of nitrogens with one attached hydrogen (secondary N) is 2. The van der Waals surface area contributed by atoms with Crippen LogP contribution in [0.2, 0.25) is 10.2 Å². The molecule has 0 saturated carbocycles. The zero-order valence-electron chi connectivity index (χ0n) is 15.2. The van der Waals surface area contributed by atoms with E-state index in [2.05, 4.69) is 25.3 Å². The van der Waals surface area contributed by atoms with Crippen LogP contribution < -0.4 is 5.32 Å². The number of aromatic amines is 1. The highest BCUT2D eigenvalue weighted by molar-refractivity contribution is 6.31. The van der Waals surface area contributed by atoms with Gasteiger partial charge in [0.25, 0.3) is 0 Å². The van der Waals surface area contributed by atoms with Gasteiger partial charge in [-0.1, -0.05) is 35.3 Å². The lowest BCUT2D eigenvalue weighted by Gasteiger charge is -2.22. The lowest BCUT2D eigenvalue weighted by atomic mass is 10.1. The number of rotatable bonds is 5. The summed E-state index contributed by atoms with van der Waals surface area (Å²) in [6.07, 6.45) is 1.79. The Morgan fingerprint density at radius 2 is 1.93 bits per heavy atom. The number of nitrogens with zero attached hydrogens (tertiary/aromatic N) is 3. The van der Waals surface area contributed by atoms with E-state index in [4.69, 9.17) is 23.2 Å². The van der Waals surface area contributed by atoms with Gasteiger partial charge in [-0.3, -0.25) is 4.98 Å². The van der Waals surface area contributed by atoms with E-state index in [0.29, 0.717) is 22.7 Å². The van der Waals surface area contributed by atoms with Crippen LogP contribution in [0.25, 0.3) is 11.0 Å². The van der Waals surface area contributed by atoms with Gasteiger partial charge in [0.2, 0.25) is 0 Å². The summed E-state index contributed by atoms with van der Waals surface area (Å²) >= 11 is 12.3. The van der Waals surface area contributed by atoms with E-state index in [1.807, 2.05) is 0 Å². The molecule has 0 spiro atoms. The third-order valence-corrected chi connectivity index (χ3v) is 5.06. The number of pyridine rings is 3. The zero-order chi connectivity index (χ0) is 21.3. The van der Waals surface area contributed by atoms with Gasteiger partial charge in [-0.25, -0.2) is 9.97 Å². The summed E-state index contributed by atoms with van der Waals surface area (Å²) in [5.41, 5.74) is 2.22. The molecule has 10 heteroatoms. The van der Waals surface area contributed by atoms with Gasteiger partial charge in [0.05, 0.1) is 5.02 Å². The van der Waals surface area contributed by atoms with E-state index in [9.17, 15) is 13.2 Å². The molecule has 5 nitrogen and oxygen atoms in total. The molecule has 2 N–H and O–H groups in total. The fourth-order valence-electron chi connectivity index (χ4n) is 3.11. The lowest BCUT2D eigenvalue weighted by Crippen LogP contribution is -2.28. The maximum atomic E-state index is 13.5. The van der Waals surface area contributed by atoms with Crippen LogP contribution >= 0.6 is 23.2 Å². The molecule has 4 aromatic heterocycles. The monoisotopic (exact) mass is 451 g/mol. The average molecular weight is 452 g/mol. The molecular weight excluding hydrogens is 438 g/mol. The van der Waals surface area contributed by atoms with Crippen LogP contribution in [0.3, 0.4) is 0 Å². The molecule has 154 valence electrons. The summed E-state index contributed by atoms with van der Waals surface area (Å²) in [7, 11) is 0. The standard InChI is InChI=1S/C20H14Cl2F3N5/c21-14-7-15-13(9-27-19(15)28-10-14)6-11-3-4-16(30-18(11)22)29-17(20(23,24)25)12-2-1-5-26-8-12/h1-5,7-10,17H,6H2,(H,27,28)(H,29,30). The molecule has 0 bridgehead atoms. The molecule has 0 amide bonds. The van der Waals surface area contributed by atoms with Gasteiger partial charge in [0.1, 0.15) is 16.6 Å². The molecule has 0 saturated heterocycles. The van der Waals surface area contributed by atoms with E-state index in [-0.39, 0.29) is 16.5 Å². The summed E-state index contributed by atoms with van der Waals surface area (Å²) in [4.78, 5) is 15.1. The maximum Gasteiger partial charge on any atom is 0.412 e. The number of fused-ring (bicyclic) bond motifs is 1. The average Bonchev–Trinajstić information content (AvgIpc) is 3.10. The Balaban J connectivity index is 1.59. The normalized spacial score (nSPS) is 12.8. The maximum absolute atomic E-state index is 13.5. The molecule has 4 aromatic rings. The number of hydrogen-bond donors (Lipinski definition) is 2. The van der Waals surface area contributed by atoms with Crippen LogP contribution in [0.4, 0.5) is 19.0 Å². The summed E-state index contributed by atoms with van der Waals surface area (Å²) < 4.78 is 40.6. The van der Waals surface area contributed by atoms with Gasteiger partial charge >= 0.3 is 6.18 Å². The molecule has 0 aromatic carbocycles. The number of hydrogen-bond acceptors (Lipinski definition) is 4. The van der Waals surface area contributed by atoms with Crippen molar-refractivity contribution < 1.29 is 13.2 Å². The first-order valence-electron chi connectivity index (χ1n) is 8.81. The SMILES string of the molecule is FC(F)(F)C(Nc1ccc(Cc2c[nH]c3ncc(Cl)cc23)c(Cl)n1)c1cccnc1. The van der Waals surface area contributed by atoms with Crippen molar-refractivity contribution in [1.82, 2.24) is 19.9 Å². The molecule has 0 aliphatic carbocycles. The molecule has 1 unspecified atom stereocenters. The van der Waals surface area contributed by atoms with E-state index in [1.165, 1.54) is 24.4 Å². The molecule has 0 aliphatic heterocycles. The van der Waals surface area contributed by atoms with Crippen LogP contribution in [-0.2, 0) is 6.42 Å². The third kappa shape index (κ3) is 4.34. The molecule has 0 radical (unpaired) electrons. The highest BCUT2D eigenvalue weighted by Gasteiger charge is 2.41. The number of anilines is 1. The Hall–Kier alpha value is -2.84. The Bertz CT molecular complexity index is 1180. The van der Waals surface area contributed by atoms with Crippen LogP contribution in [0, 0.1) is 0 Å². The number of halogens is 5. The van der Waals surface area contributed by atoms with Gasteiger partial charge < -0.3 is 10.3 Å². The first-order valence-corrected chi connectivity index (χ1v) is 9.57. The van der Waals surface area contributed by atoms with E-state index >= 15 is 0 Å². The molecule has 4 heterocycles. The fraction of sp³-hybridized carbons (Fsp3) is 0.150. The summed E-state index contributed by atoms with van der Waals surface area (Å²) in [6.45, 7) is 0. The fourth-order valence-corrected chi connectivity index (χ4v) is 3.49. The number of alkyl halides is 3. The third-order valence-electron chi connectivity index (χ3n) is 4.53. The predicted octanol–water partition coefficient (Wildman–Crippen LogP) is 5.97. The smallest absolute Gasteiger partial charge is 0.355 e. The molecule has 0 aliphatic rings. The second-order valence-electron chi connectivity index (χ2n) is 6.59. The minimum Gasteiger partial charge on any atom is -0.355 e. The van der Waals surface area contributed by atoms with Gasteiger partial charge in [-0.05, 0) is 29.3 Å². The van der Waals surface area contributed by atoms with Gasteiger partial charge in [-0.15, -0.1) is 0 Å². The molecule has 4 rings (SSSR count). The van der Waals surface area contributed by atoms with Crippen molar-refractivity contribution in [3.05, 3.63) is 82.0 Å². The highest BCUT2D eigenvalue weighted by Crippen LogP contribution is 2.35. The summed E-state index contributed by atoms with van der Waals surface area (Å²) in [5.74, 6) is 0.0126. The summed E-state index contributed by atoms with van der Waals surface area (Å²) in [6, 6.07) is 5.74. The van der Waals surface area contributed by atoms with E-state index in [0.717, 1.165) is 17.1 Å². The summed E-state index contributed by atoms with van der Waals surface area (Å²) in [5, 5.41) is 3.86. The van der Waals surface area contributed by atoms with Crippen LogP contribution in [0.1, 0.15) is 22.7 Å². The minimum absolute atomic E-state index is 0.0126. The number of H-pyrrole nitrogens is 1. The van der Waals surface area contributed by atoms with Crippen LogP contribution in [-0.4, -0.2) is 26.1 Å². The quantitative estimate of drug-likeness (QED) is 0.367. The molecular formula is C20H14Cl2F3N5. The van der Waals surface area contributed by atoms with Crippen molar-refractivity contribution in [3.8, 4) is 0 Å². The molecule has 0 fully saturated rings. The van der Waals surface area contributed by atoms with Crippen molar-refractivity contribution in [3.63, 3.8) is 0 Å². The zero-order valence-corrected chi connectivity index (χ0v) is 16.7. The van der Waals surface area contributed by atoms with Gasteiger partial charge in [0, 0.05) is 42.2 Å². The van der Waals surface area contributed by atoms with Crippen molar-refractivity contribution >= 4 is 40.1 Å². The Morgan fingerprint density at radius 1 is 1.10 bits per heavy atom. The van der Waals surface area contributed by atoms with Crippen molar-refractivity contribution in [2.75, 3.05) is 5.32 Å². The Labute approximate surface area is 179 Å². The van der Waals surface area contributed by atoms with E-state index < -0.39 is 12.2 Å². The largest absolute Gasteiger partial charge is 0.412 e. The molecule has 1 atom stereocenters. The number of aromatic nitrogens is 4. The van der Waals surface area contributed by atoms with Crippen molar-refractivity contribution in [1.29, 1.82) is 0 Å². The Kier molecular flexibility index (Phi) is 5.53. The van der Waals surface area contributed by atoms with Gasteiger partial charge in [-0.2, -0.15) is 13.2 Å². The second kappa shape index (κ2) is 8.12. The minimum atomic E-state index is -4.54. The first-order chi connectivity index (χ1) is 14.3. The van der Waals surface area contributed by atoms with Crippen molar-refractivity contribution in [2.24, 2.45) is 0 Å². The van der Waals surface area contributed by atoms with Crippen LogP contribution in [0.15, 0.2) is 55.1 Å². The predicted molar refractivity (Wildman–Crippen MR) is 110 cm³/mol. The lowest BCUT2D eigenvalue weighted by molar-refractivity contribution is -0.144. The van der Waals surface area contributed by atoms with Crippen LogP contribution in [0.5, 0.6) is 0 Å². The first kappa shape index (κ1) is 20.4. The van der Waals surface area contributed by atoms with E-state index in [1.54, 1.807) is 24.5 Å². The molecule has 30 heavy (non-hydrogen) atoms.